The molecule has 0 aliphatic carbocycles. The van der Waals surface area contributed by atoms with Crippen LogP contribution in [0.2, 0.25) is 0 Å². The second-order valence-electron chi connectivity index (χ2n) is 8.27. The zero-order valence-electron chi connectivity index (χ0n) is 18.3. The molecule has 2 heterocycles. The number of amides is 1. The van der Waals surface area contributed by atoms with Crippen molar-refractivity contribution in [1.82, 2.24) is 10.4 Å². The summed E-state index contributed by atoms with van der Waals surface area (Å²) in [6.45, 7) is 5.44. The molecule has 1 saturated heterocycles. The van der Waals surface area contributed by atoms with Gasteiger partial charge in [-0.2, -0.15) is 0 Å². The summed E-state index contributed by atoms with van der Waals surface area (Å²) >= 11 is 0. The molecular weight excluding hydrogens is 437 g/mol. The summed E-state index contributed by atoms with van der Waals surface area (Å²) in [7, 11) is 0. The van der Waals surface area contributed by atoms with Crippen LogP contribution in [0.25, 0.3) is 0 Å². The van der Waals surface area contributed by atoms with Crippen molar-refractivity contribution < 1.29 is 27.5 Å². The van der Waals surface area contributed by atoms with Gasteiger partial charge in [0.2, 0.25) is 5.91 Å². The Labute approximate surface area is 189 Å². The molecule has 0 saturated carbocycles. The molecule has 0 aromatic heterocycles. The number of nitrogens with one attached hydrogen (secondary N) is 2. The van der Waals surface area contributed by atoms with E-state index in [1.165, 1.54) is 24.3 Å². The largest absolute Gasteiger partial charge is 0.573 e. The van der Waals surface area contributed by atoms with Crippen LogP contribution < -0.4 is 15.5 Å². The minimum absolute atomic E-state index is 0.0702. The highest BCUT2D eigenvalue weighted by Gasteiger charge is 2.40. The molecule has 2 N–H and O–H groups in total. The average molecular weight is 462 g/mol. The molecule has 4 rings (SSSR count). The first-order valence-corrected chi connectivity index (χ1v) is 10.6. The number of para-hydroxylation sites is 1. The number of aliphatic imine (C=N–C) groups is 1. The number of rotatable bonds is 5. The Kier molecular flexibility index (Phi) is 6.31. The van der Waals surface area contributed by atoms with Gasteiger partial charge in [0.15, 0.2) is 11.6 Å². The highest BCUT2D eigenvalue weighted by atomic mass is 19.4. The molecule has 2 aromatic rings. The predicted molar refractivity (Wildman–Crippen MR) is 117 cm³/mol. The van der Waals surface area contributed by atoms with Crippen molar-refractivity contribution in [2.75, 3.05) is 25.0 Å². The van der Waals surface area contributed by atoms with Crippen LogP contribution in [-0.4, -0.2) is 48.4 Å². The van der Waals surface area contributed by atoms with Crippen molar-refractivity contribution in [1.29, 1.82) is 0 Å². The quantitative estimate of drug-likeness (QED) is 0.705. The van der Waals surface area contributed by atoms with Gasteiger partial charge in [0.05, 0.1) is 6.54 Å². The lowest BCUT2D eigenvalue weighted by Crippen LogP contribution is -2.46. The predicted octanol–water partition coefficient (Wildman–Crippen LogP) is 3.91. The fourth-order valence-corrected chi connectivity index (χ4v) is 4.00. The highest BCUT2D eigenvalue weighted by molar-refractivity contribution is 5.99. The molecular formula is C23H25F3N4O3. The maximum atomic E-state index is 12.5. The molecule has 0 bridgehead atoms. The smallest absolute Gasteiger partial charge is 0.406 e. The lowest BCUT2D eigenvalue weighted by molar-refractivity contribution is -0.274. The van der Waals surface area contributed by atoms with E-state index in [0.29, 0.717) is 37.3 Å². The Bertz CT molecular complexity index is 1030. The van der Waals surface area contributed by atoms with E-state index in [0.717, 1.165) is 16.8 Å². The first-order valence-electron chi connectivity index (χ1n) is 10.6. The third kappa shape index (κ3) is 5.63. The van der Waals surface area contributed by atoms with Gasteiger partial charge < -0.3 is 10.1 Å². The van der Waals surface area contributed by atoms with Gasteiger partial charge in [0.1, 0.15) is 5.75 Å². The Balaban J connectivity index is 1.32. The first kappa shape index (κ1) is 23.1. The molecule has 2 aliphatic rings. The Morgan fingerprint density at radius 3 is 2.39 bits per heavy atom. The third-order valence-electron chi connectivity index (χ3n) is 5.76. The maximum absolute atomic E-state index is 12.5. The number of benzene rings is 2. The molecule has 2 aromatic carbocycles. The van der Waals surface area contributed by atoms with Crippen LogP contribution in [0, 0.1) is 13.8 Å². The van der Waals surface area contributed by atoms with Crippen LogP contribution in [0.15, 0.2) is 47.5 Å². The number of halogens is 3. The van der Waals surface area contributed by atoms with Gasteiger partial charge in [0, 0.05) is 37.2 Å². The SMILES string of the molecule is Cc1cccc(C)c1NC(=O)CN1CCC2(CC1)N=C(c1ccc(OC(F)(F)F)cc1)NO2. The van der Waals surface area contributed by atoms with Gasteiger partial charge >= 0.3 is 6.36 Å². The van der Waals surface area contributed by atoms with Crippen LogP contribution in [0.5, 0.6) is 5.75 Å². The standard InChI is InChI=1S/C23H25F3N4O3/c1-15-4-3-5-16(2)20(15)27-19(31)14-30-12-10-22(11-13-30)28-21(29-33-22)17-6-8-18(9-7-17)32-23(24,25)26/h3-9H,10-14H2,1-2H3,(H,27,31)(H,28,29). The number of hydroxylamine groups is 1. The zero-order chi connectivity index (χ0) is 23.6. The minimum Gasteiger partial charge on any atom is -0.406 e. The molecule has 176 valence electrons. The van der Waals surface area contributed by atoms with Crippen LogP contribution in [0.1, 0.15) is 29.5 Å². The molecule has 1 fully saturated rings. The molecule has 1 spiro atoms. The molecule has 0 radical (unpaired) electrons. The van der Waals surface area contributed by atoms with Crippen molar-refractivity contribution in [3.63, 3.8) is 0 Å². The number of alkyl halides is 3. The number of piperidine rings is 1. The summed E-state index contributed by atoms with van der Waals surface area (Å²) in [6.07, 6.45) is -3.58. The Hall–Kier alpha value is -3.11. The van der Waals surface area contributed by atoms with E-state index in [2.05, 4.69) is 20.5 Å². The Morgan fingerprint density at radius 1 is 1.15 bits per heavy atom. The highest BCUT2D eigenvalue weighted by Crippen LogP contribution is 2.31. The zero-order valence-corrected chi connectivity index (χ0v) is 18.3. The summed E-state index contributed by atoms with van der Waals surface area (Å²) in [5, 5.41) is 3.00. The normalized spacial score (nSPS) is 18.0. The van der Waals surface area contributed by atoms with Gasteiger partial charge in [-0.25, -0.2) is 15.3 Å². The van der Waals surface area contributed by atoms with Crippen molar-refractivity contribution in [3.05, 3.63) is 59.2 Å². The number of amidine groups is 1. The number of carbonyl (C=O) groups is 1. The van der Waals surface area contributed by atoms with Gasteiger partial charge in [-0.15, -0.1) is 13.2 Å². The first-order chi connectivity index (χ1) is 15.6. The maximum Gasteiger partial charge on any atom is 0.573 e. The fourth-order valence-electron chi connectivity index (χ4n) is 4.00. The van der Waals surface area contributed by atoms with Crippen molar-refractivity contribution in [2.45, 2.75) is 38.8 Å². The van der Waals surface area contributed by atoms with Crippen LogP contribution >= 0.6 is 0 Å². The monoisotopic (exact) mass is 462 g/mol. The fraction of sp³-hybridized carbons (Fsp3) is 0.391. The van der Waals surface area contributed by atoms with E-state index in [-0.39, 0.29) is 18.2 Å². The number of ether oxygens (including phenoxy) is 1. The number of likely N-dealkylation sites (tertiary alicyclic amines) is 1. The van der Waals surface area contributed by atoms with E-state index in [1.807, 2.05) is 36.9 Å². The average Bonchev–Trinajstić information content (AvgIpc) is 3.16. The van der Waals surface area contributed by atoms with Crippen LogP contribution in [-0.2, 0) is 9.63 Å². The molecule has 33 heavy (non-hydrogen) atoms. The van der Waals surface area contributed by atoms with E-state index in [4.69, 9.17) is 4.84 Å². The second-order valence-corrected chi connectivity index (χ2v) is 8.27. The van der Waals surface area contributed by atoms with E-state index in [9.17, 15) is 18.0 Å². The van der Waals surface area contributed by atoms with Gasteiger partial charge in [-0.05, 0) is 49.2 Å². The topological polar surface area (TPSA) is 75.2 Å². The van der Waals surface area contributed by atoms with E-state index in [1.54, 1.807) is 0 Å². The molecule has 0 atom stereocenters. The van der Waals surface area contributed by atoms with Crippen LogP contribution in [0.4, 0.5) is 18.9 Å². The van der Waals surface area contributed by atoms with Gasteiger partial charge in [0.25, 0.3) is 0 Å². The summed E-state index contributed by atoms with van der Waals surface area (Å²) in [4.78, 5) is 25.0. The molecule has 0 unspecified atom stereocenters. The molecule has 7 nitrogen and oxygen atoms in total. The van der Waals surface area contributed by atoms with Crippen LogP contribution in [0.3, 0.4) is 0 Å². The third-order valence-corrected chi connectivity index (χ3v) is 5.76. The van der Waals surface area contributed by atoms with Gasteiger partial charge in [-0.1, -0.05) is 18.2 Å². The summed E-state index contributed by atoms with van der Waals surface area (Å²) < 4.78 is 40.9. The number of hydrogen-bond donors (Lipinski definition) is 2. The molecule has 2 aliphatic heterocycles. The minimum atomic E-state index is -4.73. The lowest BCUT2D eigenvalue weighted by atomic mass is 10.0. The number of aryl methyl sites for hydroxylation is 2. The van der Waals surface area contributed by atoms with Gasteiger partial charge in [-0.3, -0.25) is 9.69 Å². The Morgan fingerprint density at radius 2 is 1.79 bits per heavy atom. The van der Waals surface area contributed by atoms with Crippen molar-refractivity contribution >= 4 is 17.4 Å². The van der Waals surface area contributed by atoms with E-state index < -0.39 is 12.1 Å². The number of hydrogen-bond acceptors (Lipinski definition) is 6. The summed E-state index contributed by atoms with van der Waals surface area (Å²) in [6, 6.07) is 11.3. The second kappa shape index (κ2) is 9.03. The molecule has 10 heteroatoms. The van der Waals surface area contributed by atoms with Crippen molar-refractivity contribution in [2.24, 2.45) is 4.99 Å². The molecule has 1 amide bonds. The van der Waals surface area contributed by atoms with E-state index >= 15 is 0 Å². The number of carbonyl (C=O) groups excluding carboxylic acids is 1. The number of anilines is 1. The number of nitrogens with zero attached hydrogens (tertiary/aromatic N) is 2. The van der Waals surface area contributed by atoms with Crippen molar-refractivity contribution in [3.8, 4) is 5.75 Å². The summed E-state index contributed by atoms with van der Waals surface area (Å²) in [5.41, 5.74) is 5.52. The summed E-state index contributed by atoms with van der Waals surface area (Å²) in [5.74, 6) is 0.0851. The lowest BCUT2D eigenvalue weighted by Gasteiger charge is -2.35.